The number of esters is 1. The Balaban J connectivity index is 1.91. The van der Waals surface area contributed by atoms with Gasteiger partial charge in [-0.15, -0.1) is 0 Å². The number of ketones is 2. The van der Waals surface area contributed by atoms with E-state index in [0.29, 0.717) is 5.92 Å². The average molecular weight is 316 g/mol. The summed E-state index contributed by atoms with van der Waals surface area (Å²) in [6.07, 6.45) is 6.98. The fourth-order valence-electron chi connectivity index (χ4n) is 6.31. The van der Waals surface area contributed by atoms with E-state index in [0.717, 1.165) is 19.3 Å². The quantitative estimate of drug-likeness (QED) is 0.423. The molecule has 0 aromatic rings. The SMILES string of the molecule is COC(=O)[C@]12C(=O)C3C(C(=O)[C@@H]1C(C)C=CC2C)[C@@H]1CC[C@H]3C1. The number of hydrogen-bond acceptors (Lipinski definition) is 4. The van der Waals surface area contributed by atoms with E-state index in [1.54, 1.807) is 0 Å². The molecule has 0 aliphatic heterocycles. The van der Waals surface area contributed by atoms with E-state index < -0.39 is 17.3 Å². The van der Waals surface area contributed by atoms with Crippen LogP contribution in [0.4, 0.5) is 0 Å². The molecule has 0 radical (unpaired) electrons. The first kappa shape index (κ1) is 15.1. The molecule has 4 nitrogen and oxygen atoms in total. The van der Waals surface area contributed by atoms with Gasteiger partial charge in [-0.3, -0.25) is 14.4 Å². The number of carbonyl (C=O) groups is 3. The molecule has 0 saturated heterocycles. The van der Waals surface area contributed by atoms with Crippen LogP contribution in [0.25, 0.3) is 0 Å². The van der Waals surface area contributed by atoms with Crippen LogP contribution in [0.2, 0.25) is 0 Å². The summed E-state index contributed by atoms with van der Waals surface area (Å²) in [4.78, 5) is 39.7. The predicted molar refractivity (Wildman–Crippen MR) is 83.2 cm³/mol. The number of carbonyl (C=O) groups excluding carboxylic acids is 3. The number of rotatable bonds is 1. The molecule has 124 valence electrons. The maximum atomic E-state index is 13.6. The van der Waals surface area contributed by atoms with Gasteiger partial charge in [-0.25, -0.2) is 0 Å². The van der Waals surface area contributed by atoms with Crippen molar-refractivity contribution < 1.29 is 19.1 Å². The van der Waals surface area contributed by atoms with Crippen LogP contribution in [0.15, 0.2) is 12.2 Å². The molecule has 4 aliphatic rings. The van der Waals surface area contributed by atoms with Crippen LogP contribution in [0.3, 0.4) is 0 Å². The molecule has 23 heavy (non-hydrogen) atoms. The molecule has 4 unspecified atom stereocenters. The number of fused-ring (bicyclic) bond motifs is 6. The zero-order valence-corrected chi connectivity index (χ0v) is 14.0. The summed E-state index contributed by atoms with van der Waals surface area (Å²) in [6, 6.07) is 0. The van der Waals surface area contributed by atoms with Crippen LogP contribution in [-0.4, -0.2) is 24.6 Å². The second-order valence-electron chi connectivity index (χ2n) is 8.02. The van der Waals surface area contributed by atoms with E-state index in [1.165, 1.54) is 7.11 Å². The first-order valence-electron chi connectivity index (χ1n) is 8.79. The van der Waals surface area contributed by atoms with Crippen LogP contribution in [0, 0.1) is 46.8 Å². The second kappa shape index (κ2) is 4.78. The van der Waals surface area contributed by atoms with Gasteiger partial charge in [-0.1, -0.05) is 26.0 Å². The molecule has 0 aromatic carbocycles. The Morgan fingerprint density at radius 2 is 1.78 bits per heavy atom. The van der Waals surface area contributed by atoms with Crippen molar-refractivity contribution in [2.24, 2.45) is 46.8 Å². The molecule has 0 heterocycles. The molecule has 3 saturated carbocycles. The lowest BCUT2D eigenvalue weighted by molar-refractivity contribution is -0.180. The van der Waals surface area contributed by atoms with Gasteiger partial charge in [0.15, 0.2) is 5.78 Å². The summed E-state index contributed by atoms with van der Waals surface area (Å²) in [6.45, 7) is 3.83. The average Bonchev–Trinajstić information content (AvgIpc) is 3.15. The van der Waals surface area contributed by atoms with Crippen molar-refractivity contribution in [2.45, 2.75) is 33.1 Å². The van der Waals surface area contributed by atoms with Crippen LogP contribution < -0.4 is 0 Å². The molecule has 3 fully saturated rings. The molecule has 0 spiro atoms. The Morgan fingerprint density at radius 3 is 2.43 bits per heavy atom. The first-order chi connectivity index (χ1) is 10.9. The molecule has 8 atom stereocenters. The summed E-state index contributed by atoms with van der Waals surface area (Å²) in [5, 5.41) is 0. The molecule has 0 amide bonds. The van der Waals surface area contributed by atoms with Crippen LogP contribution in [0.1, 0.15) is 33.1 Å². The van der Waals surface area contributed by atoms with Gasteiger partial charge in [0.2, 0.25) is 0 Å². The Labute approximate surface area is 136 Å². The van der Waals surface area contributed by atoms with Crippen molar-refractivity contribution in [3.63, 3.8) is 0 Å². The maximum Gasteiger partial charge on any atom is 0.320 e. The van der Waals surface area contributed by atoms with Gasteiger partial charge in [-0.05, 0) is 42.9 Å². The largest absolute Gasteiger partial charge is 0.468 e. The van der Waals surface area contributed by atoms with E-state index in [-0.39, 0.29) is 41.2 Å². The molecular weight excluding hydrogens is 292 g/mol. The number of hydrogen-bond donors (Lipinski definition) is 0. The summed E-state index contributed by atoms with van der Waals surface area (Å²) < 4.78 is 5.07. The molecule has 2 bridgehead atoms. The van der Waals surface area contributed by atoms with Gasteiger partial charge >= 0.3 is 5.97 Å². The van der Waals surface area contributed by atoms with Gasteiger partial charge in [0.25, 0.3) is 0 Å². The van der Waals surface area contributed by atoms with Crippen molar-refractivity contribution in [1.29, 1.82) is 0 Å². The van der Waals surface area contributed by atoms with E-state index >= 15 is 0 Å². The monoisotopic (exact) mass is 316 g/mol. The van der Waals surface area contributed by atoms with E-state index in [1.807, 2.05) is 26.0 Å². The molecule has 4 heteroatoms. The van der Waals surface area contributed by atoms with E-state index in [2.05, 4.69) is 0 Å². The maximum absolute atomic E-state index is 13.6. The third-order valence-electron chi connectivity index (χ3n) is 7.22. The van der Waals surface area contributed by atoms with Crippen molar-refractivity contribution in [3.8, 4) is 0 Å². The fraction of sp³-hybridized carbons (Fsp3) is 0.737. The van der Waals surface area contributed by atoms with Crippen molar-refractivity contribution >= 4 is 17.5 Å². The van der Waals surface area contributed by atoms with Gasteiger partial charge < -0.3 is 4.74 Å². The number of methoxy groups -OCH3 is 1. The van der Waals surface area contributed by atoms with Crippen LogP contribution >= 0.6 is 0 Å². The summed E-state index contributed by atoms with van der Waals surface area (Å²) >= 11 is 0. The van der Waals surface area contributed by atoms with Gasteiger partial charge in [0.1, 0.15) is 11.2 Å². The highest BCUT2D eigenvalue weighted by Crippen LogP contribution is 2.63. The minimum atomic E-state index is -1.30. The lowest BCUT2D eigenvalue weighted by Crippen LogP contribution is -2.64. The molecule has 4 aliphatic carbocycles. The smallest absolute Gasteiger partial charge is 0.320 e. The zero-order chi connectivity index (χ0) is 16.5. The highest BCUT2D eigenvalue weighted by Gasteiger charge is 2.71. The highest BCUT2D eigenvalue weighted by atomic mass is 16.5. The van der Waals surface area contributed by atoms with Gasteiger partial charge in [-0.2, -0.15) is 0 Å². The number of Topliss-reactive ketones (excluding diaryl/α,β-unsaturated/α-hetero) is 2. The lowest BCUT2D eigenvalue weighted by Gasteiger charge is -2.52. The molecule has 0 aromatic heterocycles. The molecule has 4 rings (SSSR count). The van der Waals surface area contributed by atoms with Crippen molar-refractivity contribution in [3.05, 3.63) is 12.2 Å². The third-order valence-corrected chi connectivity index (χ3v) is 7.22. The summed E-state index contributed by atoms with van der Waals surface area (Å²) in [7, 11) is 1.33. The van der Waals surface area contributed by atoms with Gasteiger partial charge in [0, 0.05) is 17.8 Å². The zero-order valence-electron chi connectivity index (χ0n) is 14.0. The normalized spacial score (nSPS) is 50.7. The lowest BCUT2D eigenvalue weighted by atomic mass is 9.47. The third kappa shape index (κ3) is 1.60. The predicted octanol–water partition coefficient (Wildman–Crippen LogP) is 2.42. The Bertz CT molecular complexity index is 621. The molecular formula is C19H24O4. The molecule has 0 N–H and O–H groups in total. The minimum Gasteiger partial charge on any atom is -0.468 e. The van der Waals surface area contributed by atoms with Crippen LogP contribution in [0.5, 0.6) is 0 Å². The van der Waals surface area contributed by atoms with Crippen molar-refractivity contribution in [2.75, 3.05) is 7.11 Å². The van der Waals surface area contributed by atoms with E-state index in [9.17, 15) is 14.4 Å². The minimum absolute atomic E-state index is 0.00477. The summed E-state index contributed by atoms with van der Waals surface area (Å²) in [5.41, 5.74) is -1.30. The Hall–Kier alpha value is -1.45. The highest BCUT2D eigenvalue weighted by molar-refractivity contribution is 6.14. The van der Waals surface area contributed by atoms with Crippen molar-refractivity contribution in [1.82, 2.24) is 0 Å². The Kier molecular flexibility index (Phi) is 3.14. The number of ether oxygens (including phenoxy) is 1. The fourth-order valence-corrected chi connectivity index (χ4v) is 6.31. The van der Waals surface area contributed by atoms with Crippen LogP contribution in [-0.2, 0) is 19.1 Å². The Morgan fingerprint density at radius 1 is 1.13 bits per heavy atom. The van der Waals surface area contributed by atoms with Gasteiger partial charge in [0.05, 0.1) is 7.11 Å². The summed E-state index contributed by atoms with van der Waals surface area (Å²) in [5.74, 6) is -1.06. The topological polar surface area (TPSA) is 60.4 Å². The van der Waals surface area contributed by atoms with E-state index in [4.69, 9.17) is 4.74 Å². The first-order valence-corrected chi connectivity index (χ1v) is 8.79. The number of allylic oxidation sites excluding steroid dienone is 2. The standard InChI is InChI=1S/C19H24O4/c1-9-4-5-10(2)19(18(22)23-3)15(9)16(20)13-11-6-7-12(8-11)14(13)17(19)21/h4-5,9-15H,6-8H2,1-3H3/t9?,10?,11-,12+,13?,14?,15+,19+/m1/s1. The second-order valence-corrected chi connectivity index (χ2v) is 8.02.